The number of carbonyl (C=O) groups excluding carboxylic acids is 1. The molecule has 0 saturated heterocycles. The van der Waals surface area contributed by atoms with E-state index in [9.17, 15) is 4.79 Å². The molecule has 0 saturated carbocycles. The molecule has 0 fully saturated rings. The van der Waals surface area contributed by atoms with Crippen molar-refractivity contribution in [2.24, 2.45) is 0 Å². The Kier molecular flexibility index (Phi) is 3.68. The van der Waals surface area contributed by atoms with Crippen LogP contribution in [0.3, 0.4) is 0 Å². The first-order valence-corrected chi connectivity index (χ1v) is 6.94. The molecule has 0 radical (unpaired) electrons. The van der Waals surface area contributed by atoms with E-state index in [1.807, 2.05) is 31.2 Å². The molecule has 1 aromatic carbocycles. The average Bonchev–Trinajstić information content (AvgIpc) is 3.15. The molecule has 6 heteroatoms. The number of carbonyl (C=O) groups is 1. The van der Waals surface area contributed by atoms with Crippen molar-refractivity contribution in [1.82, 2.24) is 25.1 Å². The Bertz CT molecular complexity index is 698. The van der Waals surface area contributed by atoms with E-state index in [-0.39, 0.29) is 11.9 Å². The molecule has 0 aliphatic heterocycles. The van der Waals surface area contributed by atoms with Crippen LogP contribution in [0.2, 0.25) is 0 Å². The van der Waals surface area contributed by atoms with Gasteiger partial charge in [-0.1, -0.05) is 12.1 Å². The summed E-state index contributed by atoms with van der Waals surface area (Å²) < 4.78 is 1.64. The van der Waals surface area contributed by atoms with Crippen molar-refractivity contribution in [2.45, 2.75) is 19.4 Å². The smallest absolute Gasteiger partial charge is 0.244 e. The highest BCUT2D eigenvalue weighted by molar-refractivity contribution is 5.79. The minimum atomic E-state index is -0.310. The highest BCUT2D eigenvalue weighted by Crippen LogP contribution is 2.10. The number of nitrogens with zero attached hydrogens (tertiary/aromatic N) is 3. The fourth-order valence-electron chi connectivity index (χ4n) is 2.21. The van der Waals surface area contributed by atoms with Crippen LogP contribution < -0.4 is 5.32 Å². The number of hydrogen-bond acceptors (Lipinski definition) is 3. The van der Waals surface area contributed by atoms with Crippen molar-refractivity contribution in [2.75, 3.05) is 6.54 Å². The number of amides is 1. The SMILES string of the molecule is CC(C(=O)NCCc1nc2ccccc2[nH]1)n1cccn1. The molecule has 6 nitrogen and oxygen atoms in total. The molecule has 3 aromatic rings. The third-order valence-electron chi connectivity index (χ3n) is 3.40. The van der Waals surface area contributed by atoms with Crippen LogP contribution in [0.25, 0.3) is 11.0 Å². The van der Waals surface area contributed by atoms with E-state index in [1.165, 1.54) is 0 Å². The molecule has 2 heterocycles. The third-order valence-corrected chi connectivity index (χ3v) is 3.40. The number of rotatable bonds is 5. The second kappa shape index (κ2) is 5.78. The summed E-state index contributed by atoms with van der Waals surface area (Å²) in [5, 5.41) is 6.97. The molecule has 1 unspecified atom stereocenters. The monoisotopic (exact) mass is 283 g/mol. The lowest BCUT2D eigenvalue weighted by molar-refractivity contribution is -0.124. The Balaban J connectivity index is 1.55. The van der Waals surface area contributed by atoms with Gasteiger partial charge in [-0.25, -0.2) is 4.98 Å². The van der Waals surface area contributed by atoms with Gasteiger partial charge in [0.25, 0.3) is 0 Å². The molecule has 108 valence electrons. The summed E-state index contributed by atoms with van der Waals surface area (Å²) in [4.78, 5) is 19.7. The first kappa shape index (κ1) is 13.4. The van der Waals surface area contributed by atoms with Crippen molar-refractivity contribution in [1.29, 1.82) is 0 Å². The van der Waals surface area contributed by atoms with E-state index in [0.29, 0.717) is 13.0 Å². The highest BCUT2D eigenvalue weighted by atomic mass is 16.2. The van der Waals surface area contributed by atoms with Crippen LogP contribution in [-0.4, -0.2) is 32.2 Å². The third kappa shape index (κ3) is 2.94. The average molecular weight is 283 g/mol. The van der Waals surface area contributed by atoms with Crippen LogP contribution in [-0.2, 0) is 11.2 Å². The first-order chi connectivity index (χ1) is 10.2. The fourth-order valence-corrected chi connectivity index (χ4v) is 2.21. The Morgan fingerprint density at radius 1 is 1.38 bits per heavy atom. The van der Waals surface area contributed by atoms with Crippen LogP contribution in [0.5, 0.6) is 0 Å². The number of para-hydroxylation sites is 2. The minimum absolute atomic E-state index is 0.0465. The van der Waals surface area contributed by atoms with Crippen molar-refractivity contribution in [3.05, 3.63) is 48.5 Å². The van der Waals surface area contributed by atoms with Crippen LogP contribution >= 0.6 is 0 Å². The summed E-state index contributed by atoms with van der Waals surface area (Å²) in [5.74, 6) is 0.832. The van der Waals surface area contributed by atoms with E-state index >= 15 is 0 Å². The second-order valence-corrected chi connectivity index (χ2v) is 4.90. The molecule has 0 aliphatic carbocycles. The molecular weight excluding hydrogens is 266 g/mol. The van der Waals surface area contributed by atoms with Crippen LogP contribution in [0.1, 0.15) is 18.8 Å². The highest BCUT2D eigenvalue weighted by Gasteiger charge is 2.14. The zero-order chi connectivity index (χ0) is 14.7. The molecule has 2 N–H and O–H groups in total. The molecule has 3 rings (SSSR count). The predicted octanol–water partition coefficient (Wildman–Crippen LogP) is 1.68. The number of H-pyrrole nitrogens is 1. The number of aromatic amines is 1. The first-order valence-electron chi connectivity index (χ1n) is 6.94. The number of hydrogen-bond donors (Lipinski definition) is 2. The maximum atomic E-state index is 12.0. The Hall–Kier alpha value is -2.63. The van der Waals surface area contributed by atoms with Gasteiger partial charge in [-0.15, -0.1) is 0 Å². The molecule has 1 atom stereocenters. The minimum Gasteiger partial charge on any atom is -0.354 e. The lowest BCUT2D eigenvalue weighted by Gasteiger charge is -2.12. The maximum absolute atomic E-state index is 12.0. The zero-order valence-corrected chi connectivity index (χ0v) is 11.8. The molecule has 0 bridgehead atoms. The fraction of sp³-hybridized carbons (Fsp3) is 0.267. The summed E-state index contributed by atoms with van der Waals surface area (Å²) in [7, 11) is 0. The van der Waals surface area contributed by atoms with E-state index in [1.54, 1.807) is 23.1 Å². The van der Waals surface area contributed by atoms with Crippen molar-refractivity contribution < 1.29 is 4.79 Å². The van der Waals surface area contributed by atoms with Crippen molar-refractivity contribution in [3.8, 4) is 0 Å². The van der Waals surface area contributed by atoms with Gasteiger partial charge in [-0.2, -0.15) is 5.10 Å². The van der Waals surface area contributed by atoms with E-state index in [2.05, 4.69) is 20.4 Å². The molecule has 0 aliphatic rings. The van der Waals surface area contributed by atoms with Gasteiger partial charge in [0, 0.05) is 25.4 Å². The maximum Gasteiger partial charge on any atom is 0.244 e. The van der Waals surface area contributed by atoms with Gasteiger partial charge in [-0.05, 0) is 25.1 Å². The lowest BCUT2D eigenvalue weighted by Crippen LogP contribution is -2.32. The number of fused-ring (bicyclic) bond motifs is 1. The Morgan fingerprint density at radius 2 is 2.24 bits per heavy atom. The van der Waals surface area contributed by atoms with Crippen LogP contribution in [0.15, 0.2) is 42.7 Å². The molecule has 1 amide bonds. The van der Waals surface area contributed by atoms with Crippen LogP contribution in [0, 0.1) is 0 Å². The number of imidazole rings is 1. The van der Waals surface area contributed by atoms with Crippen molar-refractivity contribution in [3.63, 3.8) is 0 Å². The number of nitrogens with one attached hydrogen (secondary N) is 2. The normalized spacial score (nSPS) is 12.4. The molecule has 2 aromatic heterocycles. The number of benzene rings is 1. The van der Waals surface area contributed by atoms with Gasteiger partial charge in [0.1, 0.15) is 11.9 Å². The summed E-state index contributed by atoms with van der Waals surface area (Å²) in [6.45, 7) is 2.37. The molecule has 21 heavy (non-hydrogen) atoms. The van der Waals surface area contributed by atoms with Gasteiger partial charge in [0.15, 0.2) is 0 Å². The van der Waals surface area contributed by atoms with Gasteiger partial charge in [0.2, 0.25) is 5.91 Å². The lowest BCUT2D eigenvalue weighted by atomic mass is 10.3. The second-order valence-electron chi connectivity index (χ2n) is 4.90. The quantitative estimate of drug-likeness (QED) is 0.748. The molecular formula is C15H17N5O. The largest absolute Gasteiger partial charge is 0.354 e. The summed E-state index contributed by atoms with van der Waals surface area (Å²) in [5.41, 5.74) is 1.97. The Morgan fingerprint density at radius 3 is 3.00 bits per heavy atom. The topological polar surface area (TPSA) is 75.6 Å². The van der Waals surface area contributed by atoms with Crippen LogP contribution in [0.4, 0.5) is 0 Å². The predicted molar refractivity (Wildman–Crippen MR) is 79.7 cm³/mol. The molecule has 0 spiro atoms. The Labute approximate surface area is 122 Å². The summed E-state index contributed by atoms with van der Waals surface area (Å²) in [6, 6.07) is 9.38. The van der Waals surface area contributed by atoms with Gasteiger partial charge in [0.05, 0.1) is 11.0 Å². The van der Waals surface area contributed by atoms with E-state index < -0.39 is 0 Å². The van der Waals surface area contributed by atoms with E-state index in [4.69, 9.17) is 0 Å². The summed E-state index contributed by atoms with van der Waals surface area (Å²) in [6.07, 6.45) is 4.12. The van der Waals surface area contributed by atoms with E-state index in [0.717, 1.165) is 16.9 Å². The van der Waals surface area contributed by atoms with Gasteiger partial charge in [-0.3, -0.25) is 9.48 Å². The zero-order valence-electron chi connectivity index (χ0n) is 11.8. The van der Waals surface area contributed by atoms with Gasteiger partial charge < -0.3 is 10.3 Å². The summed E-state index contributed by atoms with van der Waals surface area (Å²) >= 11 is 0. The number of aromatic nitrogens is 4. The van der Waals surface area contributed by atoms with Gasteiger partial charge >= 0.3 is 0 Å². The standard InChI is InChI=1S/C15H17N5O/c1-11(20-10-4-8-17-20)15(21)16-9-7-14-18-12-5-2-3-6-13(12)19-14/h2-6,8,10-11H,7,9H2,1H3,(H,16,21)(H,18,19). The van der Waals surface area contributed by atoms with Crippen molar-refractivity contribution >= 4 is 16.9 Å².